The van der Waals surface area contributed by atoms with Gasteiger partial charge in [-0.05, 0) is 35.2 Å². The smallest absolute Gasteiger partial charge is 0.0950 e. The minimum Gasteiger partial charge on any atom is -0.302 e. The Hall–Kier alpha value is -0.850. The maximum absolute atomic E-state index is 8.67. The van der Waals surface area contributed by atoms with Crippen molar-refractivity contribution < 1.29 is 0 Å². The summed E-state index contributed by atoms with van der Waals surface area (Å²) in [5.74, 6) is 0. The molecule has 1 heterocycles. The lowest BCUT2D eigenvalue weighted by Crippen LogP contribution is -2.28. The zero-order chi connectivity index (χ0) is 9.52. The lowest BCUT2D eigenvalue weighted by molar-refractivity contribution is 0.589. The highest BCUT2D eigenvalue weighted by atomic mass is 32.1. The summed E-state index contributed by atoms with van der Waals surface area (Å²) < 4.78 is 0. The van der Waals surface area contributed by atoms with Gasteiger partial charge in [0.1, 0.15) is 0 Å². The predicted octanol–water partition coefficient (Wildman–Crippen LogP) is 2.18. The lowest BCUT2D eigenvalue weighted by atomic mass is 10.2. The number of nitriles is 1. The molecule has 0 radical (unpaired) electrons. The SMILES string of the molecule is CCC(C#N)NCCc1ccsc1. The van der Waals surface area contributed by atoms with E-state index in [9.17, 15) is 0 Å². The molecule has 0 saturated carbocycles. The van der Waals surface area contributed by atoms with Crippen LogP contribution in [0.1, 0.15) is 18.9 Å². The molecule has 70 valence electrons. The minimum atomic E-state index is 0.0126. The average molecular weight is 194 g/mol. The Balaban J connectivity index is 2.18. The van der Waals surface area contributed by atoms with Crippen LogP contribution >= 0.6 is 11.3 Å². The van der Waals surface area contributed by atoms with E-state index in [4.69, 9.17) is 5.26 Å². The summed E-state index contributed by atoms with van der Waals surface area (Å²) in [6.45, 7) is 2.91. The monoisotopic (exact) mass is 194 g/mol. The summed E-state index contributed by atoms with van der Waals surface area (Å²) in [6.07, 6.45) is 1.89. The van der Waals surface area contributed by atoms with Gasteiger partial charge in [0, 0.05) is 6.54 Å². The van der Waals surface area contributed by atoms with Crippen LogP contribution in [0.3, 0.4) is 0 Å². The van der Waals surface area contributed by atoms with E-state index >= 15 is 0 Å². The molecule has 2 nitrogen and oxygen atoms in total. The summed E-state index contributed by atoms with van der Waals surface area (Å²) in [7, 11) is 0. The molecule has 0 fully saturated rings. The maximum Gasteiger partial charge on any atom is 0.0950 e. The fraction of sp³-hybridized carbons (Fsp3) is 0.500. The van der Waals surface area contributed by atoms with Crippen molar-refractivity contribution in [1.29, 1.82) is 5.26 Å². The van der Waals surface area contributed by atoms with Crippen molar-refractivity contribution in [3.63, 3.8) is 0 Å². The van der Waals surface area contributed by atoms with E-state index in [0.717, 1.165) is 19.4 Å². The van der Waals surface area contributed by atoms with E-state index in [2.05, 4.69) is 28.2 Å². The minimum absolute atomic E-state index is 0.0126. The van der Waals surface area contributed by atoms with Crippen molar-refractivity contribution in [3.05, 3.63) is 22.4 Å². The number of hydrogen-bond acceptors (Lipinski definition) is 3. The maximum atomic E-state index is 8.67. The quantitative estimate of drug-likeness (QED) is 0.780. The van der Waals surface area contributed by atoms with Crippen LogP contribution < -0.4 is 5.32 Å². The summed E-state index contributed by atoms with van der Waals surface area (Å²) >= 11 is 1.72. The molecular formula is C10H14N2S. The molecule has 0 aliphatic heterocycles. The van der Waals surface area contributed by atoms with Crippen LogP contribution in [0, 0.1) is 11.3 Å². The van der Waals surface area contributed by atoms with Gasteiger partial charge in [-0.1, -0.05) is 6.92 Å². The van der Waals surface area contributed by atoms with Crippen molar-refractivity contribution in [2.45, 2.75) is 25.8 Å². The van der Waals surface area contributed by atoms with Crippen molar-refractivity contribution in [3.8, 4) is 6.07 Å². The van der Waals surface area contributed by atoms with Crippen molar-refractivity contribution in [1.82, 2.24) is 5.32 Å². The van der Waals surface area contributed by atoms with Crippen LogP contribution in [0.2, 0.25) is 0 Å². The van der Waals surface area contributed by atoms with Crippen LogP contribution in [0.15, 0.2) is 16.8 Å². The predicted molar refractivity (Wildman–Crippen MR) is 55.7 cm³/mol. The molecule has 0 aromatic carbocycles. The molecule has 1 rings (SSSR count). The first-order chi connectivity index (χ1) is 6.36. The van der Waals surface area contributed by atoms with Crippen LogP contribution in [-0.2, 0) is 6.42 Å². The van der Waals surface area contributed by atoms with Gasteiger partial charge in [-0.15, -0.1) is 0 Å². The highest BCUT2D eigenvalue weighted by molar-refractivity contribution is 7.07. The topological polar surface area (TPSA) is 35.8 Å². The standard InChI is InChI=1S/C10H14N2S/c1-2-10(7-11)12-5-3-9-4-6-13-8-9/h4,6,8,10,12H,2-3,5H2,1H3. The fourth-order valence-electron chi connectivity index (χ4n) is 1.11. The summed E-state index contributed by atoms with van der Waals surface area (Å²) in [6, 6.07) is 4.36. The number of hydrogen-bond donors (Lipinski definition) is 1. The third kappa shape index (κ3) is 3.58. The van der Waals surface area contributed by atoms with Gasteiger partial charge in [-0.25, -0.2) is 0 Å². The summed E-state index contributed by atoms with van der Waals surface area (Å²) in [5.41, 5.74) is 1.35. The molecular weight excluding hydrogens is 180 g/mol. The Morgan fingerprint density at radius 1 is 1.69 bits per heavy atom. The molecule has 0 saturated heterocycles. The van der Waals surface area contributed by atoms with E-state index < -0.39 is 0 Å². The van der Waals surface area contributed by atoms with Gasteiger partial charge < -0.3 is 5.32 Å². The first-order valence-electron chi connectivity index (χ1n) is 4.51. The van der Waals surface area contributed by atoms with Crippen molar-refractivity contribution in [2.24, 2.45) is 0 Å². The first-order valence-corrected chi connectivity index (χ1v) is 5.45. The summed E-state index contributed by atoms with van der Waals surface area (Å²) in [5, 5.41) is 16.1. The molecule has 1 aromatic rings. The van der Waals surface area contributed by atoms with Gasteiger partial charge in [0.2, 0.25) is 0 Å². The first kappa shape index (κ1) is 10.2. The molecule has 0 amide bonds. The van der Waals surface area contributed by atoms with Crippen LogP contribution in [-0.4, -0.2) is 12.6 Å². The molecule has 0 bridgehead atoms. The Labute approximate surface area is 83.2 Å². The number of thiophene rings is 1. The number of nitrogens with zero attached hydrogens (tertiary/aromatic N) is 1. The largest absolute Gasteiger partial charge is 0.302 e. The highest BCUT2D eigenvalue weighted by Crippen LogP contribution is 2.05. The molecule has 0 aliphatic carbocycles. The molecule has 1 unspecified atom stereocenters. The molecule has 1 N–H and O–H groups in total. The molecule has 1 atom stereocenters. The van der Waals surface area contributed by atoms with Crippen LogP contribution in [0.25, 0.3) is 0 Å². The Kier molecular flexibility index (Phi) is 4.52. The van der Waals surface area contributed by atoms with E-state index in [-0.39, 0.29) is 6.04 Å². The third-order valence-electron chi connectivity index (χ3n) is 1.95. The van der Waals surface area contributed by atoms with Gasteiger partial charge in [0.05, 0.1) is 12.1 Å². The zero-order valence-electron chi connectivity index (χ0n) is 7.79. The molecule has 0 aliphatic rings. The molecule has 1 aromatic heterocycles. The van der Waals surface area contributed by atoms with Crippen LogP contribution in [0.5, 0.6) is 0 Å². The fourth-order valence-corrected chi connectivity index (χ4v) is 1.81. The van der Waals surface area contributed by atoms with Crippen LogP contribution in [0.4, 0.5) is 0 Å². The van der Waals surface area contributed by atoms with Gasteiger partial charge in [-0.3, -0.25) is 0 Å². The van der Waals surface area contributed by atoms with Gasteiger partial charge >= 0.3 is 0 Å². The molecule has 13 heavy (non-hydrogen) atoms. The Bertz CT molecular complexity index is 261. The Morgan fingerprint density at radius 3 is 3.08 bits per heavy atom. The van der Waals surface area contributed by atoms with Crippen molar-refractivity contribution >= 4 is 11.3 Å². The second-order valence-electron chi connectivity index (χ2n) is 2.93. The average Bonchev–Trinajstić information content (AvgIpc) is 2.65. The van der Waals surface area contributed by atoms with Gasteiger partial charge in [0.15, 0.2) is 0 Å². The van der Waals surface area contributed by atoms with Gasteiger partial charge in [0.25, 0.3) is 0 Å². The lowest BCUT2D eigenvalue weighted by Gasteiger charge is -2.07. The van der Waals surface area contributed by atoms with Crippen molar-refractivity contribution in [2.75, 3.05) is 6.54 Å². The number of rotatable bonds is 5. The Morgan fingerprint density at radius 2 is 2.54 bits per heavy atom. The highest BCUT2D eigenvalue weighted by Gasteiger charge is 2.01. The van der Waals surface area contributed by atoms with Gasteiger partial charge in [-0.2, -0.15) is 16.6 Å². The van der Waals surface area contributed by atoms with E-state index in [0.29, 0.717) is 0 Å². The molecule has 0 spiro atoms. The normalized spacial score (nSPS) is 12.3. The second-order valence-corrected chi connectivity index (χ2v) is 3.71. The zero-order valence-corrected chi connectivity index (χ0v) is 8.60. The molecule has 3 heteroatoms. The second kappa shape index (κ2) is 5.74. The van der Waals surface area contributed by atoms with E-state index in [1.54, 1.807) is 11.3 Å². The number of nitrogens with one attached hydrogen (secondary N) is 1. The van der Waals surface area contributed by atoms with E-state index in [1.807, 2.05) is 6.92 Å². The third-order valence-corrected chi connectivity index (χ3v) is 2.68. The van der Waals surface area contributed by atoms with E-state index in [1.165, 1.54) is 5.56 Å². The summed E-state index contributed by atoms with van der Waals surface area (Å²) in [4.78, 5) is 0.